The van der Waals surface area contributed by atoms with Crippen molar-refractivity contribution < 1.29 is 61.8 Å². The molecule has 4 aromatic rings. The third-order valence-corrected chi connectivity index (χ3v) is 14.4. The molecule has 1 fully saturated rings. The van der Waals surface area contributed by atoms with E-state index in [0.717, 1.165) is 6.26 Å². The highest BCUT2D eigenvalue weighted by molar-refractivity contribution is 7.88. The Morgan fingerprint density at radius 3 is 2.29 bits per heavy atom. The van der Waals surface area contributed by atoms with Crippen molar-refractivity contribution in [3.05, 3.63) is 79.5 Å². The molecule has 6 N–H and O–H groups in total. The van der Waals surface area contributed by atoms with Gasteiger partial charge in [0.15, 0.2) is 22.4 Å². The fourth-order valence-electron chi connectivity index (χ4n) is 9.62. The molecule has 19 nitrogen and oxygen atoms in total. The van der Waals surface area contributed by atoms with Gasteiger partial charge in [-0.25, -0.2) is 18.1 Å². The second kappa shape index (κ2) is 19.4. The summed E-state index contributed by atoms with van der Waals surface area (Å²) in [4.78, 5) is 62.0. The molecule has 0 aliphatic carbocycles. The Morgan fingerprint density at radius 2 is 1.65 bits per heavy atom. The van der Waals surface area contributed by atoms with Gasteiger partial charge in [-0.3, -0.25) is 19.2 Å². The number of ether oxygens (including phenoxy) is 4. The van der Waals surface area contributed by atoms with E-state index in [1.807, 2.05) is 4.90 Å². The number of rotatable bonds is 5. The zero-order chi connectivity index (χ0) is 50.6. The number of aromatic hydroxyl groups is 1. The van der Waals surface area contributed by atoms with Crippen LogP contribution >= 0.6 is 0 Å². The van der Waals surface area contributed by atoms with Crippen LogP contribution < -0.4 is 35.8 Å². The molecule has 4 heterocycles. The van der Waals surface area contributed by atoms with Gasteiger partial charge in [-0.2, -0.15) is 0 Å². The van der Waals surface area contributed by atoms with Gasteiger partial charge in [0.25, 0.3) is 5.91 Å². The SMILES string of the molecule is CO[C@H]1/C=C/O[C@@]2(C)Oc3c(C)c(O)c4c(=O)c(c5oc6cc(N7CCC(NS(C)(=O)=O)CC7)cc(=O)c6nc5c4c3=C2O)NC(=O)/C(C)=C\C=C\[C@H](C)[C@H](O)[C@@H](C)[C@@H](O)[C@@H](C)[C@H](OC(C)=O)[C@@H]1C. The molecule has 9 atom stereocenters. The van der Waals surface area contributed by atoms with Crippen molar-refractivity contribution in [1.29, 1.82) is 0 Å². The van der Waals surface area contributed by atoms with Crippen LogP contribution in [0.5, 0.6) is 11.5 Å². The lowest BCUT2D eigenvalue weighted by Crippen LogP contribution is -2.46. The molecule has 1 aromatic heterocycles. The van der Waals surface area contributed by atoms with Gasteiger partial charge in [0, 0.05) is 98.1 Å². The van der Waals surface area contributed by atoms with E-state index in [4.69, 9.17) is 28.3 Å². The van der Waals surface area contributed by atoms with Crippen molar-refractivity contribution in [3.8, 4) is 11.5 Å². The van der Waals surface area contributed by atoms with Crippen LogP contribution in [0, 0.1) is 30.6 Å². The first-order chi connectivity index (χ1) is 32.4. The molecule has 3 aromatic carbocycles. The maximum Gasteiger partial charge on any atom is 0.307 e. The number of nitrogens with one attached hydrogen (secondary N) is 2. The largest absolute Gasteiger partial charge is 0.507 e. The monoisotopic (exact) mass is 976 g/mol. The van der Waals surface area contributed by atoms with Gasteiger partial charge in [-0.15, -0.1) is 0 Å². The minimum absolute atomic E-state index is 0.0221. The molecule has 69 heavy (non-hydrogen) atoms. The summed E-state index contributed by atoms with van der Waals surface area (Å²) in [5.41, 5.74) is -2.10. The molecule has 0 radical (unpaired) electrons. The van der Waals surface area contributed by atoms with Crippen molar-refractivity contribution in [2.45, 2.75) is 104 Å². The van der Waals surface area contributed by atoms with Crippen LogP contribution in [0.3, 0.4) is 0 Å². The van der Waals surface area contributed by atoms with Gasteiger partial charge in [0.2, 0.25) is 20.9 Å². The average molecular weight is 977 g/mol. The van der Waals surface area contributed by atoms with Crippen molar-refractivity contribution in [2.75, 3.05) is 36.7 Å². The molecule has 0 unspecified atom stereocenters. The van der Waals surface area contributed by atoms with Gasteiger partial charge in [0.05, 0.1) is 41.4 Å². The number of carbonyl (C=O) groups excluding carboxylic acids is 2. The Kier molecular flexibility index (Phi) is 14.3. The highest BCUT2D eigenvalue weighted by Crippen LogP contribution is 2.42. The summed E-state index contributed by atoms with van der Waals surface area (Å²) in [6.45, 7) is 13.2. The van der Waals surface area contributed by atoms with Crippen LogP contribution in [0.4, 0.5) is 11.4 Å². The zero-order valence-electron chi connectivity index (χ0n) is 40.1. The van der Waals surface area contributed by atoms with Crippen LogP contribution in [-0.2, 0) is 33.8 Å². The maximum atomic E-state index is 14.9. The quantitative estimate of drug-likeness (QED) is 0.0934. The molecule has 3 aliphatic rings. The van der Waals surface area contributed by atoms with Gasteiger partial charge in [-0.05, 0) is 32.8 Å². The van der Waals surface area contributed by atoms with Gasteiger partial charge < -0.3 is 54.0 Å². The van der Waals surface area contributed by atoms with Crippen LogP contribution in [0.25, 0.3) is 38.7 Å². The predicted molar refractivity (Wildman–Crippen MR) is 258 cm³/mol. The van der Waals surface area contributed by atoms with E-state index in [1.54, 1.807) is 45.9 Å². The maximum absolute atomic E-state index is 14.9. The van der Waals surface area contributed by atoms with E-state index in [-0.39, 0.29) is 61.1 Å². The molecule has 7 rings (SSSR count). The number of benzene rings is 3. The van der Waals surface area contributed by atoms with Crippen LogP contribution in [-0.4, -0.2) is 108 Å². The van der Waals surface area contributed by atoms with E-state index in [1.165, 1.54) is 59.3 Å². The number of allylic oxidation sites excluding steroid dienone is 2. The number of phenolic OH excluding ortho intramolecular Hbond substituents is 1. The molecule has 0 saturated carbocycles. The zero-order valence-corrected chi connectivity index (χ0v) is 41.0. The number of aromatic nitrogens is 1. The van der Waals surface area contributed by atoms with Crippen molar-refractivity contribution in [2.24, 2.45) is 23.7 Å². The number of methoxy groups -OCH3 is 1. The summed E-state index contributed by atoms with van der Waals surface area (Å²) < 4.78 is 56.8. The van der Waals surface area contributed by atoms with Crippen LogP contribution in [0.1, 0.15) is 66.9 Å². The molecular weight excluding hydrogens is 917 g/mol. The second-order valence-corrected chi connectivity index (χ2v) is 20.5. The summed E-state index contributed by atoms with van der Waals surface area (Å²) >= 11 is 0. The van der Waals surface area contributed by atoms with Crippen LogP contribution in [0.15, 0.2) is 62.3 Å². The summed E-state index contributed by atoms with van der Waals surface area (Å²) in [6, 6.07) is 2.62. The van der Waals surface area contributed by atoms with E-state index in [9.17, 15) is 48.0 Å². The van der Waals surface area contributed by atoms with E-state index < -0.39 is 104 Å². The Hall–Kier alpha value is -6.06. The minimum Gasteiger partial charge on any atom is -0.507 e. The number of sulfonamides is 1. The summed E-state index contributed by atoms with van der Waals surface area (Å²) in [5, 5.41) is 49.1. The predicted octanol–water partition coefficient (Wildman–Crippen LogP) is 4.08. The minimum atomic E-state index is -3.44. The molecular formula is C49H60N4O15S. The van der Waals surface area contributed by atoms with Crippen LogP contribution in [0.2, 0.25) is 0 Å². The molecule has 1 amide bonds. The second-order valence-electron chi connectivity index (χ2n) is 18.7. The molecule has 372 valence electrons. The molecule has 4 bridgehead atoms. The van der Waals surface area contributed by atoms with E-state index in [2.05, 4.69) is 10.0 Å². The summed E-state index contributed by atoms with van der Waals surface area (Å²) in [5.74, 6) is -7.23. The fourth-order valence-corrected chi connectivity index (χ4v) is 10.5. The first-order valence-corrected chi connectivity index (χ1v) is 24.6. The van der Waals surface area contributed by atoms with Gasteiger partial charge in [0.1, 0.15) is 28.8 Å². The Balaban J connectivity index is 1.45. The molecule has 3 aliphatic heterocycles. The summed E-state index contributed by atoms with van der Waals surface area (Å²) in [7, 11) is -2.01. The number of esters is 1. The number of amides is 1. The summed E-state index contributed by atoms with van der Waals surface area (Å²) in [6.07, 6.45) is 5.34. The Bertz CT molecular complexity index is 3110. The van der Waals surface area contributed by atoms with Crippen molar-refractivity contribution in [3.63, 3.8) is 0 Å². The van der Waals surface area contributed by atoms with Crippen molar-refractivity contribution >= 4 is 72.0 Å². The fraction of sp³-hybridized carbons (Fsp3) is 0.490. The third-order valence-electron chi connectivity index (χ3n) is 13.7. The highest BCUT2D eigenvalue weighted by atomic mass is 32.2. The number of aliphatic hydroxyl groups excluding tert-OH is 3. The average Bonchev–Trinajstić information content (AvgIpc) is 3.56. The number of piperidine rings is 1. The lowest BCUT2D eigenvalue weighted by Gasteiger charge is -2.38. The normalized spacial score (nSPS) is 29.4. The molecule has 0 spiro atoms. The van der Waals surface area contributed by atoms with E-state index in [0.29, 0.717) is 31.6 Å². The number of fused-ring (bicyclic) bond motifs is 2. The number of anilines is 2. The first kappa shape index (κ1) is 50.8. The lowest BCUT2D eigenvalue weighted by molar-refractivity contribution is -0.160. The Morgan fingerprint density at radius 1 is 0.971 bits per heavy atom. The third kappa shape index (κ3) is 9.77. The number of phenols is 1. The topological polar surface area (TPSA) is 274 Å². The number of hydrogen-bond donors (Lipinski definition) is 6. The van der Waals surface area contributed by atoms with Gasteiger partial charge in [-0.1, -0.05) is 45.9 Å². The molecule has 1 saturated heterocycles. The molecule has 20 heteroatoms. The highest BCUT2D eigenvalue weighted by Gasteiger charge is 2.44. The number of nitrogens with zero attached hydrogens (tertiary/aromatic N) is 2. The smallest absolute Gasteiger partial charge is 0.307 e. The number of hydrogen-bond acceptors (Lipinski definition) is 17. The number of aliphatic hydroxyl groups is 3. The lowest BCUT2D eigenvalue weighted by atomic mass is 9.78. The van der Waals surface area contributed by atoms with E-state index >= 15 is 0 Å². The van der Waals surface area contributed by atoms with Crippen molar-refractivity contribution in [1.82, 2.24) is 9.71 Å². The Labute approximate surface area is 398 Å². The first-order valence-electron chi connectivity index (χ1n) is 22.7. The van der Waals surface area contributed by atoms with Gasteiger partial charge >= 0.3 is 11.8 Å². The number of carbonyl (C=O) groups is 2. The standard InChI is InChI=1S/C49H60N4O15S/c1-22-12-11-13-23(2)48(61)51-39-43(59)35-34(38-46(39)67-33-21-30(20-31(55)37(33)50-38)53-17-14-29(15-18-53)52-69(10,62)63)36-45(27(6)42(35)58)68-49(8,47(36)60)65-19-16-32(64-9)24(3)44(66-28(7)54)26(5)41(57)25(4)40(22)56/h11-13,16,19-22,24-26,29,32,40-41,44,52,56-58,60H,14-15,17-18H2,1-10H3,(H,51,61)/b12-11+,19-16+,23-13-/t22-,24+,25+,26+,32-,40-,41+,44+,49-/m0/s1.